The zero-order chi connectivity index (χ0) is 19.1. The Balaban J connectivity index is 1.99. The van der Waals surface area contributed by atoms with Crippen molar-refractivity contribution in [2.75, 3.05) is 13.1 Å². The summed E-state index contributed by atoms with van der Waals surface area (Å²) in [6.07, 6.45) is 6.87. The van der Waals surface area contributed by atoms with Gasteiger partial charge in [0, 0.05) is 18.7 Å². The van der Waals surface area contributed by atoms with E-state index >= 15 is 0 Å². The lowest BCUT2D eigenvalue weighted by Crippen LogP contribution is -2.33. The number of hydrogen-bond acceptors (Lipinski definition) is 1. The van der Waals surface area contributed by atoms with E-state index in [1.54, 1.807) is 0 Å². The maximum atomic E-state index is 13.5. The molecule has 3 aromatic rings. The molecule has 0 bridgehead atoms. The summed E-state index contributed by atoms with van der Waals surface area (Å²) in [6, 6.07) is 18.8. The van der Waals surface area contributed by atoms with Gasteiger partial charge in [-0.2, -0.15) is 0 Å². The monoisotopic (exact) mass is 361 g/mol. The molecule has 0 radical (unpaired) electrons. The van der Waals surface area contributed by atoms with Gasteiger partial charge in [0.05, 0.1) is 0 Å². The smallest absolute Gasteiger partial charge is 0.254 e. The molecule has 3 aromatic carbocycles. The summed E-state index contributed by atoms with van der Waals surface area (Å²) in [6.45, 7) is 6.13. The molecule has 0 aliphatic heterocycles. The Morgan fingerprint density at radius 3 is 1.93 bits per heavy atom. The van der Waals surface area contributed by atoms with Crippen molar-refractivity contribution in [1.29, 1.82) is 0 Å². The van der Waals surface area contributed by atoms with Gasteiger partial charge in [-0.05, 0) is 40.5 Å². The summed E-state index contributed by atoms with van der Waals surface area (Å²) in [5.74, 6) is 0.184. The van der Waals surface area contributed by atoms with Crippen LogP contribution in [-0.4, -0.2) is 23.9 Å². The Kier molecular flexibility index (Phi) is 6.86. The first-order valence-electron chi connectivity index (χ1n) is 10.5. The minimum atomic E-state index is 0.184. The summed E-state index contributed by atoms with van der Waals surface area (Å²) in [7, 11) is 0. The van der Waals surface area contributed by atoms with E-state index in [0.29, 0.717) is 0 Å². The van der Waals surface area contributed by atoms with Gasteiger partial charge in [-0.1, -0.05) is 88.1 Å². The molecular formula is C25H31NO. The first kappa shape index (κ1) is 19.4. The van der Waals surface area contributed by atoms with Crippen molar-refractivity contribution >= 4 is 27.5 Å². The SMILES string of the molecule is CCCCCN(CCCCC)C(=O)c1cc2ccccc2c2ccccc12. The third kappa shape index (κ3) is 4.50. The van der Waals surface area contributed by atoms with Crippen LogP contribution in [0, 0.1) is 0 Å². The zero-order valence-electron chi connectivity index (χ0n) is 16.7. The van der Waals surface area contributed by atoms with Crippen LogP contribution in [0.5, 0.6) is 0 Å². The Hall–Kier alpha value is -2.35. The second-order valence-corrected chi connectivity index (χ2v) is 7.40. The van der Waals surface area contributed by atoms with E-state index < -0.39 is 0 Å². The van der Waals surface area contributed by atoms with E-state index in [1.165, 1.54) is 36.5 Å². The lowest BCUT2D eigenvalue weighted by atomic mass is 9.96. The van der Waals surface area contributed by atoms with Crippen LogP contribution < -0.4 is 0 Å². The van der Waals surface area contributed by atoms with Crippen LogP contribution in [0.25, 0.3) is 21.5 Å². The predicted molar refractivity (Wildman–Crippen MR) is 116 cm³/mol. The molecule has 2 nitrogen and oxygen atoms in total. The van der Waals surface area contributed by atoms with Crippen LogP contribution >= 0.6 is 0 Å². The highest BCUT2D eigenvalue weighted by Gasteiger charge is 2.19. The Morgan fingerprint density at radius 2 is 1.30 bits per heavy atom. The van der Waals surface area contributed by atoms with Crippen LogP contribution in [-0.2, 0) is 0 Å². The number of hydrogen-bond donors (Lipinski definition) is 0. The Labute approximate surface area is 163 Å². The number of carbonyl (C=O) groups is 1. The first-order valence-corrected chi connectivity index (χ1v) is 10.5. The summed E-state index contributed by atoms with van der Waals surface area (Å²) in [4.78, 5) is 15.6. The van der Waals surface area contributed by atoms with Crippen LogP contribution in [0.4, 0.5) is 0 Å². The lowest BCUT2D eigenvalue weighted by Gasteiger charge is -2.24. The van der Waals surface area contributed by atoms with Gasteiger partial charge in [0.15, 0.2) is 0 Å². The number of unbranched alkanes of at least 4 members (excludes halogenated alkanes) is 4. The van der Waals surface area contributed by atoms with Gasteiger partial charge in [0.2, 0.25) is 0 Å². The van der Waals surface area contributed by atoms with Gasteiger partial charge in [-0.15, -0.1) is 0 Å². The quantitative estimate of drug-likeness (QED) is 0.302. The maximum absolute atomic E-state index is 13.5. The molecule has 0 atom stereocenters. The van der Waals surface area contributed by atoms with Gasteiger partial charge in [-0.3, -0.25) is 4.79 Å². The molecule has 2 heteroatoms. The van der Waals surface area contributed by atoms with Crippen LogP contribution in [0.15, 0.2) is 54.6 Å². The highest BCUT2D eigenvalue weighted by atomic mass is 16.2. The Bertz CT molecular complexity index is 889. The summed E-state index contributed by atoms with van der Waals surface area (Å²) in [5.41, 5.74) is 0.845. The number of rotatable bonds is 9. The van der Waals surface area contributed by atoms with Gasteiger partial charge >= 0.3 is 0 Å². The second kappa shape index (κ2) is 9.55. The molecule has 0 aliphatic carbocycles. The largest absolute Gasteiger partial charge is 0.339 e. The minimum absolute atomic E-state index is 0.184. The van der Waals surface area contributed by atoms with Crippen molar-refractivity contribution < 1.29 is 4.79 Å². The third-order valence-corrected chi connectivity index (χ3v) is 5.35. The molecule has 1 amide bonds. The van der Waals surface area contributed by atoms with Gasteiger partial charge in [-0.25, -0.2) is 0 Å². The average molecular weight is 362 g/mol. The summed E-state index contributed by atoms with van der Waals surface area (Å²) in [5, 5.41) is 4.59. The minimum Gasteiger partial charge on any atom is -0.339 e. The van der Waals surface area contributed by atoms with E-state index in [0.717, 1.165) is 42.3 Å². The predicted octanol–water partition coefficient (Wildman–Crippen LogP) is 6.82. The van der Waals surface area contributed by atoms with Crippen LogP contribution in [0.2, 0.25) is 0 Å². The molecule has 0 saturated heterocycles. The van der Waals surface area contributed by atoms with E-state index in [1.807, 2.05) is 12.1 Å². The average Bonchev–Trinajstić information content (AvgIpc) is 2.72. The van der Waals surface area contributed by atoms with Crippen LogP contribution in [0.1, 0.15) is 62.7 Å². The van der Waals surface area contributed by atoms with Crippen molar-refractivity contribution in [3.8, 4) is 0 Å². The molecule has 3 rings (SSSR count). The topological polar surface area (TPSA) is 20.3 Å². The molecule has 0 spiro atoms. The fraction of sp³-hybridized carbons (Fsp3) is 0.400. The van der Waals surface area contributed by atoms with Crippen molar-refractivity contribution in [1.82, 2.24) is 4.90 Å². The molecule has 142 valence electrons. The fourth-order valence-corrected chi connectivity index (χ4v) is 3.82. The molecule has 27 heavy (non-hydrogen) atoms. The molecule has 0 heterocycles. The van der Waals surface area contributed by atoms with Gasteiger partial charge in [0.1, 0.15) is 0 Å². The second-order valence-electron chi connectivity index (χ2n) is 7.40. The molecule has 0 fully saturated rings. The van der Waals surface area contributed by atoms with Crippen molar-refractivity contribution in [2.24, 2.45) is 0 Å². The molecule has 0 unspecified atom stereocenters. The van der Waals surface area contributed by atoms with E-state index in [2.05, 4.69) is 61.2 Å². The molecule has 0 saturated carbocycles. The maximum Gasteiger partial charge on any atom is 0.254 e. The van der Waals surface area contributed by atoms with E-state index in [9.17, 15) is 4.79 Å². The van der Waals surface area contributed by atoms with Gasteiger partial charge < -0.3 is 4.90 Å². The Morgan fingerprint density at radius 1 is 0.741 bits per heavy atom. The van der Waals surface area contributed by atoms with E-state index in [4.69, 9.17) is 0 Å². The molecule has 0 aromatic heterocycles. The normalized spacial score (nSPS) is 11.2. The van der Waals surface area contributed by atoms with E-state index in [-0.39, 0.29) is 5.91 Å². The van der Waals surface area contributed by atoms with Crippen LogP contribution in [0.3, 0.4) is 0 Å². The highest BCUT2D eigenvalue weighted by molar-refractivity contribution is 6.17. The summed E-state index contributed by atoms with van der Waals surface area (Å²) < 4.78 is 0. The first-order chi connectivity index (χ1) is 13.3. The number of nitrogens with zero attached hydrogens (tertiary/aromatic N) is 1. The molecule has 0 N–H and O–H groups in total. The number of fused-ring (bicyclic) bond motifs is 3. The number of benzene rings is 3. The third-order valence-electron chi connectivity index (χ3n) is 5.35. The highest BCUT2D eigenvalue weighted by Crippen LogP contribution is 2.29. The zero-order valence-corrected chi connectivity index (χ0v) is 16.7. The van der Waals surface area contributed by atoms with Crippen molar-refractivity contribution in [3.63, 3.8) is 0 Å². The lowest BCUT2D eigenvalue weighted by molar-refractivity contribution is 0.0751. The number of carbonyl (C=O) groups excluding carboxylic acids is 1. The number of amides is 1. The van der Waals surface area contributed by atoms with Crippen molar-refractivity contribution in [3.05, 3.63) is 60.2 Å². The standard InChI is InChI=1S/C25H31NO/c1-3-5-11-17-26(18-12-6-4-2)25(27)24-19-20-13-7-8-14-21(20)22-15-9-10-16-23(22)24/h7-10,13-16,19H,3-6,11-12,17-18H2,1-2H3. The molecule has 0 aliphatic rings. The van der Waals surface area contributed by atoms with Gasteiger partial charge in [0.25, 0.3) is 5.91 Å². The fourth-order valence-electron chi connectivity index (χ4n) is 3.82. The summed E-state index contributed by atoms with van der Waals surface area (Å²) >= 11 is 0. The molecular weight excluding hydrogens is 330 g/mol. The van der Waals surface area contributed by atoms with Crippen molar-refractivity contribution in [2.45, 2.75) is 52.4 Å².